The molecule has 3 rings (SSSR count). The standard InChI is InChI=1S/C15H10ClN3O3S/c16-10-4-1-3-9(7-10)15(21)22-8-13(20)17-11-5-2-6-12-14(11)19-23-18-12/h1-7H,8H2,(H,17,20). The first-order valence-electron chi connectivity index (χ1n) is 6.57. The van der Waals surface area contributed by atoms with Crippen LogP contribution in [0.15, 0.2) is 42.5 Å². The molecule has 0 spiro atoms. The fraction of sp³-hybridized carbons (Fsp3) is 0.0667. The lowest BCUT2D eigenvalue weighted by Crippen LogP contribution is -2.21. The molecule has 0 aliphatic heterocycles. The Morgan fingerprint density at radius 3 is 2.83 bits per heavy atom. The van der Waals surface area contributed by atoms with Gasteiger partial charge in [-0.3, -0.25) is 4.79 Å². The van der Waals surface area contributed by atoms with Gasteiger partial charge in [0.05, 0.1) is 23.0 Å². The van der Waals surface area contributed by atoms with Crippen molar-refractivity contribution in [3.63, 3.8) is 0 Å². The third-order valence-electron chi connectivity index (χ3n) is 2.95. The summed E-state index contributed by atoms with van der Waals surface area (Å²) in [5.74, 6) is -1.07. The van der Waals surface area contributed by atoms with Crippen molar-refractivity contribution in [2.75, 3.05) is 11.9 Å². The quantitative estimate of drug-likeness (QED) is 0.733. The molecule has 0 unspecified atom stereocenters. The van der Waals surface area contributed by atoms with E-state index in [0.29, 0.717) is 21.7 Å². The zero-order chi connectivity index (χ0) is 16.2. The third kappa shape index (κ3) is 3.64. The summed E-state index contributed by atoms with van der Waals surface area (Å²) < 4.78 is 13.2. The maximum atomic E-state index is 11.9. The van der Waals surface area contributed by atoms with Gasteiger partial charge in [-0.05, 0) is 30.3 Å². The van der Waals surface area contributed by atoms with Crippen LogP contribution >= 0.6 is 23.3 Å². The number of carbonyl (C=O) groups is 2. The molecule has 0 radical (unpaired) electrons. The number of amides is 1. The number of ether oxygens (including phenoxy) is 1. The van der Waals surface area contributed by atoms with E-state index in [1.165, 1.54) is 6.07 Å². The first-order chi connectivity index (χ1) is 11.1. The number of benzene rings is 2. The Hall–Kier alpha value is -2.51. The van der Waals surface area contributed by atoms with E-state index in [2.05, 4.69) is 14.1 Å². The lowest BCUT2D eigenvalue weighted by molar-refractivity contribution is -0.119. The minimum atomic E-state index is -0.615. The fourth-order valence-corrected chi connectivity index (χ4v) is 2.66. The van der Waals surface area contributed by atoms with Gasteiger partial charge in [-0.15, -0.1) is 0 Å². The number of rotatable bonds is 4. The summed E-state index contributed by atoms with van der Waals surface area (Å²) in [7, 11) is 0. The zero-order valence-electron chi connectivity index (χ0n) is 11.7. The Morgan fingerprint density at radius 1 is 1.17 bits per heavy atom. The molecule has 1 N–H and O–H groups in total. The van der Waals surface area contributed by atoms with Crippen LogP contribution in [0.2, 0.25) is 5.02 Å². The largest absolute Gasteiger partial charge is 0.452 e. The van der Waals surface area contributed by atoms with E-state index in [1.54, 1.807) is 36.4 Å². The van der Waals surface area contributed by atoms with Crippen molar-refractivity contribution in [3.05, 3.63) is 53.1 Å². The Labute approximate surface area is 140 Å². The van der Waals surface area contributed by atoms with E-state index >= 15 is 0 Å². The molecule has 8 heteroatoms. The minimum Gasteiger partial charge on any atom is -0.452 e. The topological polar surface area (TPSA) is 81.2 Å². The second-order valence-corrected chi connectivity index (χ2v) is 5.54. The molecule has 2 aromatic carbocycles. The summed E-state index contributed by atoms with van der Waals surface area (Å²) in [4.78, 5) is 23.8. The van der Waals surface area contributed by atoms with Gasteiger partial charge >= 0.3 is 5.97 Å². The average molecular weight is 348 g/mol. The minimum absolute atomic E-state index is 0.288. The van der Waals surface area contributed by atoms with E-state index in [9.17, 15) is 9.59 Å². The molecule has 1 aromatic heterocycles. The number of hydrogen-bond donors (Lipinski definition) is 1. The zero-order valence-corrected chi connectivity index (χ0v) is 13.2. The normalized spacial score (nSPS) is 10.5. The van der Waals surface area contributed by atoms with Crippen LogP contribution in [0.1, 0.15) is 10.4 Å². The number of anilines is 1. The summed E-state index contributed by atoms with van der Waals surface area (Å²) in [6.07, 6.45) is 0. The van der Waals surface area contributed by atoms with Crippen molar-refractivity contribution < 1.29 is 14.3 Å². The van der Waals surface area contributed by atoms with Crippen LogP contribution in [0.25, 0.3) is 11.0 Å². The molecule has 6 nitrogen and oxygen atoms in total. The van der Waals surface area contributed by atoms with Gasteiger partial charge < -0.3 is 10.1 Å². The molecular weight excluding hydrogens is 338 g/mol. The maximum Gasteiger partial charge on any atom is 0.338 e. The van der Waals surface area contributed by atoms with Crippen LogP contribution in [0, 0.1) is 0 Å². The number of nitrogens with zero attached hydrogens (tertiary/aromatic N) is 2. The highest BCUT2D eigenvalue weighted by Crippen LogP contribution is 2.21. The summed E-state index contributed by atoms with van der Waals surface area (Å²) in [5.41, 5.74) is 2.12. The van der Waals surface area contributed by atoms with Crippen LogP contribution in [-0.2, 0) is 9.53 Å². The van der Waals surface area contributed by atoms with Crippen molar-refractivity contribution in [1.82, 2.24) is 8.75 Å². The van der Waals surface area contributed by atoms with Crippen LogP contribution in [0.3, 0.4) is 0 Å². The summed E-state index contributed by atoms with van der Waals surface area (Å²) >= 11 is 6.87. The summed E-state index contributed by atoms with van der Waals surface area (Å²) in [5, 5.41) is 3.07. The Kier molecular flexibility index (Phi) is 4.50. The van der Waals surface area contributed by atoms with Gasteiger partial charge in [-0.1, -0.05) is 23.7 Å². The molecular formula is C15H10ClN3O3S. The molecule has 116 valence electrons. The molecule has 0 aliphatic carbocycles. The van der Waals surface area contributed by atoms with Crippen LogP contribution in [-0.4, -0.2) is 27.2 Å². The van der Waals surface area contributed by atoms with Crippen LogP contribution < -0.4 is 5.32 Å². The first-order valence-corrected chi connectivity index (χ1v) is 7.68. The molecule has 1 amide bonds. The molecule has 0 aliphatic rings. The Bertz CT molecular complexity index is 881. The molecule has 0 fully saturated rings. The van der Waals surface area contributed by atoms with E-state index in [4.69, 9.17) is 16.3 Å². The number of fused-ring (bicyclic) bond motifs is 1. The maximum absolute atomic E-state index is 11.9. The predicted molar refractivity (Wildman–Crippen MR) is 87.8 cm³/mol. The molecule has 0 saturated heterocycles. The fourth-order valence-electron chi connectivity index (χ4n) is 1.92. The second kappa shape index (κ2) is 6.72. The number of halogens is 1. The highest BCUT2D eigenvalue weighted by atomic mass is 35.5. The lowest BCUT2D eigenvalue weighted by Gasteiger charge is -2.07. The van der Waals surface area contributed by atoms with Crippen molar-refractivity contribution in [2.45, 2.75) is 0 Å². The van der Waals surface area contributed by atoms with Gasteiger partial charge in [-0.25, -0.2) is 4.79 Å². The van der Waals surface area contributed by atoms with Gasteiger partial charge in [0.2, 0.25) is 0 Å². The molecule has 1 heterocycles. The number of aromatic nitrogens is 2. The average Bonchev–Trinajstić information content (AvgIpc) is 3.02. The SMILES string of the molecule is O=C(COC(=O)c1cccc(Cl)c1)Nc1cccc2nsnc12. The van der Waals surface area contributed by atoms with Crippen molar-refractivity contribution >= 4 is 51.9 Å². The van der Waals surface area contributed by atoms with E-state index in [-0.39, 0.29) is 5.56 Å². The number of esters is 1. The van der Waals surface area contributed by atoms with E-state index < -0.39 is 18.5 Å². The van der Waals surface area contributed by atoms with Gasteiger partial charge in [-0.2, -0.15) is 8.75 Å². The number of nitrogens with one attached hydrogen (secondary N) is 1. The van der Waals surface area contributed by atoms with E-state index in [0.717, 1.165) is 11.7 Å². The molecule has 23 heavy (non-hydrogen) atoms. The summed E-state index contributed by atoms with van der Waals surface area (Å²) in [6, 6.07) is 11.6. The molecule has 0 saturated carbocycles. The molecule has 0 bridgehead atoms. The predicted octanol–water partition coefficient (Wildman–Crippen LogP) is 3.14. The van der Waals surface area contributed by atoms with Crippen molar-refractivity contribution in [3.8, 4) is 0 Å². The highest BCUT2D eigenvalue weighted by molar-refractivity contribution is 7.00. The Morgan fingerprint density at radius 2 is 2.00 bits per heavy atom. The Balaban J connectivity index is 1.62. The second-order valence-electron chi connectivity index (χ2n) is 4.57. The number of carbonyl (C=O) groups excluding carboxylic acids is 2. The van der Waals surface area contributed by atoms with Gasteiger partial charge in [0, 0.05) is 5.02 Å². The highest BCUT2D eigenvalue weighted by Gasteiger charge is 2.12. The van der Waals surface area contributed by atoms with Crippen molar-refractivity contribution in [2.24, 2.45) is 0 Å². The number of hydrogen-bond acceptors (Lipinski definition) is 6. The smallest absolute Gasteiger partial charge is 0.338 e. The van der Waals surface area contributed by atoms with E-state index in [1.807, 2.05) is 0 Å². The van der Waals surface area contributed by atoms with Crippen LogP contribution in [0.4, 0.5) is 5.69 Å². The van der Waals surface area contributed by atoms with Crippen LogP contribution in [0.5, 0.6) is 0 Å². The first kappa shape index (κ1) is 15.4. The van der Waals surface area contributed by atoms with Gasteiger partial charge in [0.25, 0.3) is 5.91 Å². The van der Waals surface area contributed by atoms with Gasteiger partial charge in [0.1, 0.15) is 11.0 Å². The molecule has 3 aromatic rings. The van der Waals surface area contributed by atoms with Crippen molar-refractivity contribution in [1.29, 1.82) is 0 Å². The van der Waals surface area contributed by atoms with Gasteiger partial charge in [0.15, 0.2) is 6.61 Å². The summed E-state index contributed by atoms with van der Waals surface area (Å²) in [6.45, 7) is -0.403. The lowest BCUT2D eigenvalue weighted by atomic mass is 10.2. The third-order valence-corrected chi connectivity index (χ3v) is 3.73. The molecule has 0 atom stereocenters. The monoisotopic (exact) mass is 347 g/mol.